The van der Waals surface area contributed by atoms with E-state index in [1.54, 1.807) is 12.1 Å². The van der Waals surface area contributed by atoms with E-state index in [0.29, 0.717) is 5.09 Å². The van der Waals surface area contributed by atoms with E-state index in [4.69, 9.17) is 13.5 Å². The summed E-state index contributed by atoms with van der Waals surface area (Å²) >= 11 is 0.956. The molecule has 0 fully saturated rings. The Morgan fingerprint density at radius 3 is 2.38 bits per heavy atom. The molecule has 0 aliphatic heterocycles. The van der Waals surface area contributed by atoms with Crippen molar-refractivity contribution >= 4 is 18.2 Å². The highest BCUT2D eigenvalue weighted by atomic mass is 32.7. The molecule has 0 aliphatic rings. The first-order valence-corrected chi connectivity index (χ1v) is 6.53. The van der Waals surface area contributed by atoms with E-state index in [9.17, 15) is 4.57 Å². The summed E-state index contributed by atoms with van der Waals surface area (Å²) in [4.78, 5) is 0. The van der Waals surface area contributed by atoms with Crippen molar-refractivity contribution in [2.24, 2.45) is 0 Å². The summed E-state index contributed by atoms with van der Waals surface area (Å²) in [7, 11) is 2.68. The smallest absolute Gasteiger partial charge is 0.396 e. The van der Waals surface area contributed by atoms with E-state index in [0.717, 1.165) is 17.1 Å². The minimum Gasteiger partial charge on any atom is -0.455 e. The fourth-order valence-corrected chi connectivity index (χ4v) is 2.94. The lowest BCUT2D eigenvalue weighted by Crippen LogP contribution is -1.81. The molecule has 0 unspecified atom stereocenters. The summed E-state index contributed by atoms with van der Waals surface area (Å²) in [6, 6.07) is 3.52. The van der Waals surface area contributed by atoms with Gasteiger partial charge in [-0.3, -0.25) is 0 Å². The Bertz CT molecular complexity index is 314. The minimum atomic E-state index is -3.07. The Morgan fingerprint density at radius 1 is 1.38 bits per heavy atom. The molecule has 0 saturated heterocycles. The molecule has 0 N–H and O–H groups in total. The van der Waals surface area contributed by atoms with Crippen LogP contribution in [0.15, 0.2) is 21.6 Å². The van der Waals surface area contributed by atoms with Crippen LogP contribution in [-0.2, 0) is 13.6 Å². The highest BCUT2D eigenvalue weighted by Gasteiger charge is 2.24. The predicted molar refractivity (Wildman–Crippen MR) is 50.9 cm³/mol. The van der Waals surface area contributed by atoms with Crippen LogP contribution in [0.4, 0.5) is 0 Å². The fraction of sp³-hybridized carbons (Fsp3) is 0.429. The van der Waals surface area contributed by atoms with Crippen LogP contribution in [0, 0.1) is 6.92 Å². The molecule has 0 bridgehead atoms. The van der Waals surface area contributed by atoms with Crippen LogP contribution in [0.2, 0.25) is 0 Å². The van der Waals surface area contributed by atoms with Gasteiger partial charge in [-0.05, 0) is 19.1 Å². The van der Waals surface area contributed by atoms with Crippen LogP contribution >= 0.6 is 18.2 Å². The van der Waals surface area contributed by atoms with Crippen LogP contribution in [0.5, 0.6) is 0 Å². The second kappa shape index (κ2) is 4.33. The molecule has 0 spiro atoms. The molecule has 0 saturated carbocycles. The second-order valence-electron chi connectivity index (χ2n) is 2.27. The predicted octanol–water partition coefficient (Wildman–Crippen LogP) is 3.08. The van der Waals surface area contributed by atoms with Gasteiger partial charge in [0.15, 0.2) is 5.09 Å². The Hall–Kier alpha value is -0.220. The largest absolute Gasteiger partial charge is 0.455 e. The first kappa shape index (κ1) is 10.9. The van der Waals surface area contributed by atoms with Crippen molar-refractivity contribution < 1.29 is 18.0 Å². The molecule has 0 atom stereocenters. The van der Waals surface area contributed by atoms with Gasteiger partial charge in [-0.2, -0.15) is 0 Å². The van der Waals surface area contributed by atoms with Gasteiger partial charge in [0.1, 0.15) is 5.76 Å². The number of aryl methyl sites for hydroxylation is 1. The SMILES string of the molecule is COP(=O)(OC)Sc1ccc(C)o1. The molecular weight excluding hydrogens is 211 g/mol. The number of rotatable bonds is 4. The van der Waals surface area contributed by atoms with Crippen molar-refractivity contribution in [1.82, 2.24) is 0 Å². The molecule has 0 amide bonds. The monoisotopic (exact) mass is 222 g/mol. The zero-order chi connectivity index (χ0) is 9.90. The lowest BCUT2D eigenvalue weighted by atomic mass is 10.5. The van der Waals surface area contributed by atoms with Gasteiger partial charge in [0.25, 0.3) is 0 Å². The van der Waals surface area contributed by atoms with Gasteiger partial charge in [0.2, 0.25) is 0 Å². The molecule has 1 rings (SSSR count). The van der Waals surface area contributed by atoms with Crippen LogP contribution in [0.25, 0.3) is 0 Å². The normalized spacial score (nSPS) is 11.9. The van der Waals surface area contributed by atoms with Gasteiger partial charge in [-0.25, -0.2) is 4.57 Å². The Kier molecular flexibility index (Phi) is 3.62. The van der Waals surface area contributed by atoms with Gasteiger partial charge < -0.3 is 13.5 Å². The topological polar surface area (TPSA) is 48.7 Å². The van der Waals surface area contributed by atoms with Gasteiger partial charge in [0, 0.05) is 25.6 Å². The molecule has 6 heteroatoms. The second-order valence-corrected chi connectivity index (χ2v) is 6.37. The maximum atomic E-state index is 11.6. The van der Waals surface area contributed by atoms with Crippen molar-refractivity contribution in [1.29, 1.82) is 0 Å². The molecule has 0 aromatic carbocycles. The molecule has 1 aromatic heterocycles. The van der Waals surface area contributed by atoms with Crippen LogP contribution in [0.3, 0.4) is 0 Å². The quantitative estimate of drug-likeness (QED) is 0.732. The average Bonchev–Trinajstić information content (AvgIpc) is 2.51. The third-order valence-electron chi connectivity index (χ3n) is 1.36. The van der Waals surface area contributed by atoms with Gasteiger partial charge in [-0.1, -0.05) is 0 Å². The Labute approximate surface area is 80.9 Å². The maximum Gasteiger partial charge on any atom is 0.396 e. The van der Waals surface area contributed by atoms with Crippen molar-refractivity contribution in [3.63, 3.8) is 0 Å². The summed E-state index contributed by atoms with van der Waals surface area (Å²) in [5.74, 6) is 0.765. The summed E-state index contributed by atoms with van der Waals surface area (Å²) < 4.78 is 26.3. The molecule has 0 aliphatic carbocycles. The van der Waals surface area contributed by atoms with Crippen LogP contribution in [0.1, 0.15) is 5.76 Å². The van der Waals surface area contributed by atoms with Crippen LogP contribution in [-0.4, -0.2) is 14.2 Å². The highest BCUT2D eigenvalue weighted by molar-refractivity contribution is 8.55. The minimum absolute atomic E-state index is 0.532. The van der Waals surface area contributed by atoms with Crippen molar-refractivity contribution in [2.45, 2.75) is 12.0 Å². The molecule has 74 valence electrons. The van der Waals surface area contributed by atoms with E-state index < -0.39 is 6.80 Å². The van der Waals surface area contributed by atoms with E-state index in [2.05, 4.69) is 0 Å². The molecule has 0 radical (unpaired) electrons. The van der Waals surface area contributed by atoms with Crippen molar-refractivity contribution in [2.75, 3.05) is 14.2 Å². The first-order chi connectivity index (χ1) is 6.09. The third-order valence-corrected chi connectivity index (χ3v) is 4.99. The summed E-state index contributed by atoms with van der Waals surface area (Å²) in [6.07, 6.45) is 0. The van der Waals surface area contributed by atoms with Crippen LogP contribution < -0.4 is 0 Å². The van der Waals surface area contributed by atoms with Crippen molar-refractivity contribution in [3.05, 3.63) is 17.9 Å². The van der Waals surface area contributed by atoms with Gasteiger partial charge in [0.05, 0.1) is 0 Å². The molecule has 1 heterocycles. The highest BCUT2D eigenvalue weighted by Crippen LogP contribution is 2.62. The molecule has 13 heavy (non-hydrogen) atoms. The Morgan fingerprint density at radius 2 is 2.00 bits per heavy atom. The number of hydrogen-bond donors (Lipinski definition) is 0. The number of furan rings is 1. The first-order valence-electron chi connectivity index (χ1n) is 3.57. The average molecular weight is 222 g/mol. The summed E-state index contributed by atoms with van der Waals surface area (Å²) in [5, 5.41) is 0.532. The molecule has 1 aromatic rings. The summed E-state index contributed by atoms with van der Waals surface area (Å²) in [6.45, 7) is -1.25. The van der Waals surface area contributed by atoms with E-state index in [1.807, 2.05) is 6.92 Å². The van der Waals surface area contributed by atoms with Gasteiger partial charge >= 0.3 is 6.80 Å². The lowest BCUT2D eigenvalue weighted by molar-refractivity contribution is 0.294. The van der Waals surface area contributed by atoms with Gasteiger partial charge in [-0.15, -0.1) is 0 Å². The fourth-order valence-electron chi connectivity index (χ4n) is 0.720. The Balaban J connectivity index is 2.73. The van der Waals surface area contributed by atoms with E-state index in [1.165, 1.54) is 14.2 Å². The zero-order valence-electron chi connectivity index (χ0n) is 7.64. The zero-order valence-corrected chi connectivity index (χ0v) is 9.35. The number of hydrogen-bond acceptors (Lipinski definition) is 5. The van der Waals surface area contributed by atoms with E-state index in [-0.39, 0.29) is 0 Å². The van der Waals surface area contributed by atoms with E-state index >= 15 is 0 Å². The third kappa shape index (κ3) is 2.88. The summed E-state index contributed by atoms with van der Waals surface area (Å²) in [5.41, 5.74) is 0. The maximum absolute atomic E-state index is 11.6. The lowest BCUT2D eigenvalue weighted by Gasteiger charge is -2.09. The molecular formula is C7H11O4PS. The standard InChI is InChI=1S/C7H11O4PS/c1-6-4-5-7(11-6)13-12(8,9-2)10-3/h4-5H,1-3H3. The van der Waals surface area contributed by atoms with Crippen molar-refractivity contribution in [3.8, 4) is 0 Å². The molecule has 4 nitrogen and oxygen atoms in total.